The second kappa shape index (κ2) is 9.29. The number of hydrogen-bond donors (Lipinski definition) is 2. The second-order valence-corrected chi connectivity index (χ2v) is 7.64. The molecule has 1 aliphatic heterocycles. The number of nitriles is 1. The Hall–Kier alpha value is -2.97. The monoisotopic (exact) mass is 389 g/mol. The molecule has 2 N–H and O–H groups in total. The number of dihydropyridines is 1. The van der Waals surface area contributed by atoms with E-state index < -0.39 is 5.92 Å². The van der Waals surface area contributed by atoms with E-state index in [1.54, 1.807) is 11.8 Å². The van der Waals surface area contributed by atoms with Crippen LogP contribution in [0.3, 0.4) is 0 Å². The summed E-state index contributed by atoms with van der Waals surface area (Å²) >= 11 is 1.63. The predicted octanol–water partition coefficient (Wildman–Crippen LogP) is 5.16. The van der Waals surface area contributed by atoms with E-state index in [-0.39, 0.29) is 5.91 Å². The molecule has 0 saturated carbocycles. The highest BCUT2D eigenvalue weighted by atomic mass is 32.2. The fraction of sp³-hybridized carbons (Fsp3) is 0.217. The summed E-state index contributed by atoms with van der Waals surface area (Å²) in [5, 5.41) is 17.1. The first-order valence-corrected chi connectivity index (χ1v) is 10.3. The number of carbonyl (C=O) groups is 1. The summed E-state index contributed by atoms with van der Waals surface area (Å²) in [6.45, 7) is 4.01. The van der Waals surface area contributed by atoms with Crippen molar-refractivity contribution < 1.29 is 4.79 Å². The van der Waals surface area contributed by atoms with Gasteiger partial charge in [0.2, 0.25) is 0 Å². The molecule has 0 aromatic heterocycles. The van der Waals surface area contributed by atoms with Gasteiger partial charge in [0.1, 0.15) is 0 Å². The van der Waals surface area contributed by atoms with Crippen LogP contribution in [0.4, 0.5) is 5.69 Å². The van der Waals surface area contributed by atoms with E-state index in [0.29, 0.717) is 11.1 Å². The van der Waals surface area contributed by atoms with Gasteiger partial charge in [-0.25, -0.2) is 0 Å². The van der Waals surface area contributed by atoms with Gasteiger partial charge in [-0.3, -0.25) is 4.79 Å². The smallest absolute Gasteiger partial charge is 0.254 e. The SMILES string of the molecule is CCCSC1=C(C#N)[C@H](c2ccccc2)C(C(=O)Nc2ccccc2)=C(C)N1. The van der Waals surface area contributed by atoms with Crippen molar-refractivity contribution in [2.45, 2.75) is 26.2 Å². The topological polar surface area (TPSA) is 64.9 Å². The number of anilines is 1. The standard InChI is InChI=1S/C23H23N3OS/c1-3-14-28-23-19(15-24)21(17-10-6-4-7-11-17)20(16(2)25-23)22(27)26-18-12-8-5-9-13-18/h4-13,21,25H,3,14H2,1-2H3,(H,26,27)/t21-/m0/s1. The van der Waals surface area contributed by atoms with Crippen LogP contribution in [0.2, 0.25) is 0 Å². The fourth-order valence-electron chi connectivity index (χ4n) is 3.23. The lowest BCUT2D eigenvalue weighted by atomic mass is 9.82. The number of para-hydroxylation sites is 1. The van der Waals surface area contributed by atoms with Crippen molar-refractivity contribution in [1.82, 2.24) is 5.32 Å². The zero-order valence-electron chi connectivity index (χ0n) is 16.0. The van der Waals surface area contributed by atoms with Crippen molar-refractivity contribution in [3.05, 3.63) is 88.1 Å². The number of allylic oxidation sites excluding steroid dienone is 2. The van der Waals surface area contributed by atoms with Crippen LogP contribution in [0, 0.1) is 11.3 Å². The molecule has 0 bridgehead atoms. The molecule has 4 nitrogen and oxygen atoms in total. The molecule has 28 heavy (non-hydrogen) atoms. The summed E-state index contributed by atoms with van der Waals surface area (Å²) in [5.74, 6) is 0.321. The average Bonchev–Trinajstić information content (AvgIpc) is 2.72. The van der Waals surface area contributed by atoms with Gasteiger partial charge in [-0.2, -0.15) is 5.26 Å². The fourth-order valence-corrected chi connectivity index (χ4v) is 4.18. The van der Waals surface area contributed by atoms with Gasteiger partial charge in [0.15, 0.2) is 0 Å². The van der Waals surface area contributed by atoms with Gasteiger partial charge in [-0.1, -0.05) is 55.5 Å². The highest BCUT2D eigenvalue weighted by molar-refractivity contribution is 8.03. The summed E-state index contributed by atoms with van der Waals surface area (Å²) in [6.07, 6.45) is 1.01. The van der Waals surface area contributed by atoms with Gasteiger partial charge >= 0.3 is 0 Å². The lowest BCUT2D eigenvalue weighted by molar-refractivity contribution is -0.113. The molecule has 0 saturated heterocycles. The molecule has 1 atom stereocenters. The Morgan fingerprint density at radius 2 is 1.79 bits per heavy atom. The zero-order valence-corrected chi connectivity index (χ0v) is 16.8. The summed E-state index contributed by atoms with van der Waals surface area (Å²) < 4.78 is 0. The lowest BCUT2D eigenvalue weighted by Crippen LogP contribution is -2.30. The van der Waals surface area contributed by atoms with E-state index >= 15 is 0 Å². The Balaban J connectivity index is 2.04. The Morgan fingerprint density at radius 3 is 2.39 bits per heavy atom. The number of amides is 1. The molecule has 1 amide bonds. The summed E-state index contributed by atoms with van der Waals surface area (Å²) in [4.78, 5) is 13.2. The molecule has 142 valence electrons. The minimum atomic E-state index is -0.393. The number of nitrogens with zero attached hydrogens (tertiary/aromatic N) is 1. The third-order valence-corrected chi connectivity index (χ3v) is 5.73. The van der Waals surface area contributed by atoms with Gasteiger partial charge < -0.3 is 10.6 Å². The molecule has 2 aromatic rings. The number of nitrogens with one attached hydrogen (secondary N) is 2. The molecule has 0 fully saturated rings. The van der Waals surface area contributed by atoms with Gasteiger partial charge in [0.05, 0.1) is 22.6 Å². The number of thioether (sulfide) groups is 1. The molecular formula is C23H23N3OS. The van der Waals surface area contributed by atoms with Crippen LogP contribution < -0.4 is 10.6 Å². The third kappa shape index (κ3) is 4.29. The Labute approximate surface area is 170 Å². The second-order valence-electron chi connectivity index (χ2n) is 6.53. The molecule has 0 aliphatic carbocycles. The van der Waals surface area contributed by atoms with Gasteiger partial charge in [0.25, 0.3) is 5.91 Å². The van der Waals surface area contributed by atoms with Crippen LogP contribution in [-0.4, -0.2) is 11.7 Å². The van der Waals surface area contributed by atoms with E-state index in [1.165, 1.54) is 0 Å². The third-order valence-electron chi connectivity index (χ3n) is 4.51. The largest absolute Gasteiger partial charge is 0.353 e. The van der Waals surface area contributed by atoms with E-state index in [1.807, 2.05) is 67.6 Å². The van der Waals surface area contributed by atoms with E-state index in [9.17, 15) is 10.1 Å². The normalized spacial score (nSPS) is 16.4. The minimum absolute atomic E-state index is 0.197. The molecule has 0 unspecified atom stereocenters. The average molecular weight is 390 g/mol. The van der Waals surface area contributed by atoms with Crippen LogP contribution in [0.5, 0.6) is 0 Å². The van der Waals surface area contributed by atoms with E-state index in [2.05, 4.69) is 23.6 Å². The number of hydrogen-bond acceptors (Lipinski definition) is 4. The highest BCUT2D eigenvalue weighted by Crippen LogP contribution is 2.40. The van der Waals surface area contributed by atoms with Crippen molar-refractivity contribution in [3.63, 3.8) is 0 Å². The lowest BCUT2D eigenvalue weighted by Gasteiger charge is -2.30. The highest BCUT2D eigenvalue weighted by Gasteiger charge is 2.34. The first-order valence-electron chi connectivity index (χ1n) is 9.32. The quantitative estimate of drug-likeness (QED) is 0.716. The predicted molar refractivity (Wildman–Crippen MR) is 115 cm³/mol. The van der Waals surface area contributed by atoms with Gasteiger partial charge in [-0.15, -0.1) is 11.8 Å². The zero-order chi connectivity index (χ0) is 19.9. The Morgan fingerprint density at radius 1 is 1.14 bits per heavy atom. The van der Waals surface area contributed by atoms with Crippen molar-refractivity contribution in [3.8, 4) is 6.07 Å². The molecule has 0 spiro atoms. The molecular weight excluding hydrogens is 366 g/mol. The maximum absolute atomic E-state index is 13.2. The summed E-state index contributed by atoms with van der Waals surface area (Å²) in [6, 6.07) is 21.5. The molecule has 3 rings (SSSR count). The van der Waals surface area contributed by atoms with Gasteiger partial charge in [-0.05, 0) is 36.8 Å². The summed E-state index contributed by atoms with van der Waals surface area (Å²) in [5.41, 5.74) is 3.61. The Bertz CT molecular complexity index is 943. The van der Waals surface area contributed by atoms with Crippen LogP contribution in [-0.2, 0) is 4.79 Å². The summed E-state index contributed by atoms with van der Waals surface area (Å²) in [7, 11) is 0. The van der Waals surface area contributed by atoms with Gasteiger partial charge in [0, 0.05) is 17.0 Å². The molecule has 0 radical (unpaired) electrons. The van der Waals surface area contributed by atoms with Crippen LogP contribution in [0.25, 0.3) is 0 Å². The number of carbonyl (C=O) groups excluding carboxylic acids is 1. The van der Waals surface area contributed by atoms with Crippen molar-refractivity contribution in [2.24, 2.45) is 0 Å². The number of benzene rings is 2. The van der Waals surface area contributed by atoms with Crippen molar-refractivity contribution in [2.75, 3.05) is 11.1 Å². The molecule has 5 heteroatoms. The van der Waals surface area contributed by atoms with E-state index in [4.69, 9.17) is 0 Å². The Kier molecular flexibility index (Phi) is 6.57. The maximum Gasteiger partial charge on any atom is 0.254 e. The minimum Gasteiger partial charge on any atom is -0.353 e. The maximum atomic E-state index is 13.2. The first kappa shape index (κ1) is 19.8. The van der Waals surface area contributed by atoms with E-state index in [0.717, 1.165) is 34.2 Å². The number of rotatable bonds is 6. The molecule has 2 aromatic carbocycles. The van der Waals surface area contributed by atoms with Crippen molar-refractivity contribution >= 4 is 23.4 Å². The van der Waals surface area contributed by atoms with Crippen LogP contribution in [0.1, 0.15) is 31.7 Å². The van der Waals surface area contributed by atoms with Crippen LogP contribution >= 0.6 is 11.8 Å². The molecule has 1 heterocycles. The van der Waals surface area contributed by atoms with Crippen molar-refractivity contribution in [1.29, 1.82) is 5.26 Å². The molecule has 1 aliphatic rings. The van der Waals surface area contributed by atoms with Crippen LogP contribution in [0.15, 0.2) is 82.5 Å². The first-order chi connectivity index (χ1) is 13.7.